The first-order chi connectivity index (χ1) is 7.61. The van der Waals surface area contributed by atoms with E-state index in [-0.39, 0.29) is 25.1 Å². The maximum atomic E-state index is 11.4. The minimum atomic E-state index is -0.876. The summed E-state index contributed by atoms with van der Waals surface area (Å²) in [6.07, 6.45) is 0.970. The molecule has 0 aromatic heterocycles. The van der Waals surface area contributed by atoms with E-state index >= 15 is 0 Å². The molecule has 0 spiro atoms. The Labute approximate surface area is 95.4 Å². The molecule has 1 amide bonds. The molecule has 6 nitrogen and oxygen atoms in total. The Hall–Kier alpha value is -0.690. The molecule has 0 aliphatic carbocycles. The Morgan fingerprint density at radius 1 is 1.50 bits per heavy atom. The van der Waals surface area contributed by atoms with Gasteiger partial charge in [0.05, 0.1) is 19.3 Å². The van der Waals surface area contributed by atoms with Crippen LogP contribution in [0.2, 0.25) is 0 Å². The van der Waals surface area contributed by atoms with Crippen LogP contribution in [0, 0.1) is 0 Å². The van der Waals surface area contributed by atoms with Crippen LogP contribution in [0.15, 0.2) is 0 Å². The molecule has 1 heterocycles. The quantitative estimate of drug-likeness (QED) is 0.433. The normalized spacial score (nSPS) is 20.7. The van der Waals surface area contributed by atoms with Crippen molar-refractivity contribution in [3.63, 3.8) is 0 Å². The summed E-state index contributed by atoms with van der Waals surface area (Å²) in [5.74, 6) is -0.122. The number of rotatable bonds is 5. The second-order valence-corrected chi connectivity index (χ2v) is 4.25. The Balaban J connectivity index is 2.14. The molecule has 5 N–H and O–H groups in total. The number of hydrogen-bond acceptors (Lipinski definition) is 5. The van der Waals surface area contributed by atoms with E-state index in [4.69, 9.17) is 15.9 Å². The van der Waals surface area contributed by atoms with E-state index in [2.05, 4.69) is 5.32 Å². The van der Waals surface area contributed by atoms with Crippen LogP contribution in [0.5, 0.6) is 0 Å². The van der Waals surface area contributed by atoms with Crippen molar-refractivity contribution in [2.75, 3.05) is 32.8 Å². The minimum absolute atomic E-state index is 0.0999. The van der Waals surface area contributed by atoms with E-state index in [9.17, 15) is 4.79 Å². The van der Waals surface area contributed by atoms with Crippen molar-refractivity contribution in [2.24, 2.45) is 5.73 Å². The monoisotopic (exact) mass is 231 g/mol. The van der Waals surface area contributed by atoms with Gasteiger partial charge in [0, 0.05) is 25.7 Å². The summed E-state index contributed by atoms with van der Waals surface area (Å²) in [7, 11) is 0. The summed E-state index contributed by atoms with van der Waals surface area (Å²) in [6, 6.07) is 0.260. The fourth-order valence-electron chi connectivity index (χ4n) is 1.67. The molecule has 0 bridgehead atoms. The number of nitrogens with one attached hydrogen (secondary N) is 1. The van der Waals surface area contributed by atoms with Crippen molar-refractivity contribution in [3.8, 4) is 0 Å². The van der Waals surface area contributed by atoms with E-state index in [1.807, 2.05) is 4.90 Å². The van der Waals surface area contributed by atoms with Crippen molar-refractivity contribution >= 4 is 5.91 Å². The molecule has 1 saturated heterocycles. The number of aliphatic hydroxyl groups is 2. The predicted octanol–water partition coefficient (Wildman–Crippen LogP) is -2.12. The zero-order valence-corrected chi connectivity index (χ0v) is 9.43. The smallest absolute Gasteiger partial charge is 0.234 e. The predicted molar refractivity (Wildman–Crippen MR) is 59.8 cm³/mol. The molecule has 0 aromatic carbocycles. The number of carbonyl (C=O) groups excluding carboxylic acids is 1. The highest BCUT2D eigenvalue weighted by Crippen LogP contribution is 2.06. The first kappa shape index (κ1) is 13.4. The lowest BCUT2D eigenvalue weighted by Crippen LogP contribution is -2.45. The summed E-state index contributed by atoms with van der Waals surface area (Å²) in [6.45, 7) is 1.79. The van der Waals surface area contributed by atoms with Gasteiger partial charge in [-0.3, -0.25) is 9.69 Å². The van der Waals surface area contributed by atoms with Gasteiger partial charge in [0.1, 0.15) is 0 Å². The Kier molecular flexibility index (Phi) is 5.68. The van der Waals surface area contributed by atoms with Gasteiger partial charge in [-0.15, -0.1) is 0 Å². The molecule has 94 valence electrons. The lowest BCUT2D eigenvalue weighted by atomic mass is 10.1. The third-order valence-corrected chi connectivity index (χ3v) is 2.75. The largest absolute Gasteiger partial charge is 0.394 e. The first-order valence-electron chi connectivity index (χ1n) is 5.65. The molecule has 0 saturated carbocycles. The van der Waals surface area contributed by atoms with Gasteiger partial charge < -0.3 is 21.3 Å². The fraction of sp³-hybridized carbons (Fsp3) is 0.900. The maximum Gasteiger partial charge on any atom is 0.234 e. The van der Waals surface area contributed by atoms with Gasteiger partial charge in [0.15, 0.2) is 0 Å². The molecule has 1 aliphatic heterocycles. The summed E-state index contributed by atoms with van der Waals surface area (Å²) in [4.78, 5) is 13.5. The molecule has 16 heavy (non-hydrogen) atoms. The standard InChI is InChI=1S/C10H21N3O3/c11-8-1-3-13(4-2-8)6-10(16)12-5-9(15)7-14/h8-9,14-15H,1-7,11H2,(H,12,16). The molecule has 1 unspecified atom stereocenters. The highest BCUT2D eigenvalue weighted by Gasteiger charge is 2.18. The Morgan fingerprint density at radius 2 is 2.12 bits per heavy atom. The van der Waals surface area contributed by atoms with Crippen LogP contribution >= 0.6 is 0 Å². The second-order valence-electron chi connectivity index (χ2n) is 4.25. The van der Waals surface area contributed by atoms with Crippen molar-refractivity contribution in [1.29, 1.82) is 0 Å². The number of nitrogens with two attached hydrogens (primary N) is 1. The summed E-state index contributed by atoms with van der Waals surface area (Å²) >= 11 is 0. The highest BCUT2D eigenvalue weighted by molar-refractivity contribution is 5.78. The van der Waals surface area contributed by atoms with Crippen molar-refractivity contribution in [1.82, 2.24) is 10.2 Å². The number of carbonyl (C=O) groups is 1. The van der Waals surface area contributed by atoms with E-state index in [0.29, 0.717) is 6.54 Å². The van der Waals surface area contributed by atoms with Crippen LogP contribution in [-0.4, -0.2) is 66.0 Å². The van der Waals surface area contributed by atoms with Gasteiger partial charge in [-0.1, -0.05) is 0 Å². The Morgan fingerprint density at radius 3 is 2.69 bits per heavy atom. The SMILES string of the molecule is NC1CCN(CC(=O)NCC(O)CO)CC1. The topological polar surface area (TPSA) is 98.8 Å². The van der Waals surface area contributed by atoms with Crippen molar-refractivity contribution < 1.29 is 15.0 Å². The van der Waals surface area contributed by atoms with E-state index in [0.717, 1.165) is 25.9 Å². The molecule has 1 rings (SSSR count). The van der Waals surface area contributed by atoms with Crippen LogP contribution in [-0.2, 0) is 4.79 Å². The molecular weight excluding hydrogens is 210 g/mol. The fourth-order valence-corrected chi connectivity index (χ4v) is 1.67. The molecular formula is C10H21N3O3. The second kappa shape index (κ2) is 6.80. The molecule has 6 heteroatoms. The third-order valence-electron chi connectivity index (χ3n) is 2.75. The lowest BCUT2D eigenvalue weighted by Gasteiger charge is -2.29. The molecule has 1 aliphatic rings. The van der Waals surface area contributed by atoms with E-state index < -0.39 is 6.10 Å². The van der Waals surface area contributed by atoms with Crippen molar-refractivity contribution in [3.05, 3.63) is 0 Å². The van der Waals surface area contributed by atoms with Gasteiger partial charge in [0.25, 0.3) is 0 Å². The van der Waals surface area contributed by atoms with Gasteiger partial charge in [-0.05, 0) is 12.8 Å². The average Bonchev–Trinajstić information content (AvgIpc) is 2.29. The number of likely N-dealkylation sites (tertiary alicyclic amines) is 1. The van der Waals surface area contributed by atoms with Crippen molar-refractivity contribution in [2.45, 2.75) is 25.0 Å². The molecule has 0 aromatic rings. The number of nitrogens with zero attached hydrogens (tertiary/aromatic N) is 1. The third kappa shape index (κ3) is 4.89. The lowest BCUT2D eigenvalue weighted by molar-refractivity contribution is -0.123. The van der Waals surface area contributed by atoms with Crippen LogP contribution in [0.1, 0.15) is 12.8 Å². The summed E-state index contributed by atoms with van der Waals surface area (Å²) < 4.78 is 0. The molecule has 1 atom stereocenters. The summed E-state index contributed by atoms with van der Waals surface area (Å²) in [5.41, 5.74) is 5.76. The number of hydrogen-bond donors (Lipinski definition) is 4. The maximum absolute atomic E-state index is 11.4. The zero-order valence-electron chi connectivity index (χ0n) is 9.43. The highest BCUT2D eigenvalue weighted by atomic mass is 16.3. The minimum Gasteiger partial charge on any atom is -0.394 e. The molecule has 0 radical (unpaired) electrons. The number of aliphatic hydroxyl groups excluding tert-OH is 2. The number of amides is 1. The first-order valence-corrected chi connectivity index (χ1v) is 5.65. The van der Waals surface area contributed by atoms with Gasteiger partial charge in [0.2, 0.25) is 5.91 Å². The number of piperidine rings is 1. The molecule has 1 fully saturated rings. The van der Waals surface area contributed by atoms with Crippen LogP contribution in [0.4, 0.5) is 0 Å². The van der Waals surface area contributed by atoms with Gasteiger partial charge in [-0.25, -0.2) is 0 Å². The Bertz CT molecular complexity index is 217. The summed E-state index contributed by atoms with van der Waals surface area (Å²) in [5, 5.41) is 20.2. The van der Waals surface area contributed by atoms with Gasteiger partial charge in [-0.2, -0.15) is 0 Å². The van der Waals surface area contributed by atoms with Crippen LogP contribution < -0.4 is 11.1 Å². The van der Waals surface area contributed by atoms with Crippen LogP contribution in [0.25, 0.3) is 0 Å². The zero-order chi connectivity index (χ0) is 12.0. The van der Waals surface area contributed by atoms with Crippen LogP contribution in [0.3, 0.4) is 0 Å². The van der Waals surface area contributed by atoms with E-state index in [1.54, 1.807) is 0 Å². The van der Waals surface area contributed by atoms with E-state index in [1.165, 1.54) is 0 Å². The van der Waals surface area contributed by atoms with Gasteiger partial charge >= 0.3 is 0 Å². The average molecular weight is 231 g/mol.